The number of aliphatic carboxylic acids is 1. The predicted molar refractivity (Wildman–Crippen MR) is 75.1 cm³/mol. The van der Waals surface area contributed by atoms with Crippen LogP contribution in [0.4, 0.5) is 0 Å². The third kappa shape index (κ3) is 4.13. The number of benzene rings is 1. The molecule has 0 saturated heterocycles. The number of hydrogen-bond acceptors (Lipinski definition) is 4. The van der Waals surface area contributed by atoms with E-state index >= 15 is 0 Å². The second-order valence-corrected chi connectivity index (χ2v) is 5.31. The Balaban J connectivity index is 1.91. The zero-order valence-electron chi connectivity index (χ0n) is 10.6. The first-order valence-electron chi connectivity index (χ1n) is 5.96. The molecule has 0 unspecified atom stereocenters. The number of carboxylic acid groups (broad SMARTS) is 1. The van der Waals surface area contributed by atoms with Crippen LogP contribution in [0.2, 0.25) is 0 Å². The van der Waals surface area contributed by atoms with Crippen LogP contribution in [-0.4, -0.2) is 21.8 Å². The highest BCUT2D eigenvalue weighted by atomic mass is 32.2. The Bertz CT molecular complexity index is 548. The molecule has 0 saturated carbocycles. The zero-order valence-corrected chi connectivity index (χ0v) is 11.4. The van der Waals surface area contributed by atoms with E-state index in [-0.39, 0.29) is 6.42 Å². The van der Waals surface area contributed by atoms with Gasteiger partial charge in [-0.3, -0.25) is 4.79 Å². The lowest BCUT2D eigenvalue weighted by atomic mass is 10.1. The molecule has 1 aromatic heterocycles. The minimum atomic E-state index is -0.770. The summed E-state index contributed by atoms with van der Waals surface area (Å²) < 4.78 is 5.43. The standard InChI is InChI=1S/C14H15NO3S/c1-10-2-4-11(5-3-10)14-15-12(8-18-14)9-19-7-6-13(16)17/h2-5,8H,6-7,9H2,1H3,(H,16,17). The molecule has 1 aromatic carbocycles. The van der Waals surface area contributed by atoms with Gasteiger partial charge in [-0.05, 0) is 19.1 Å². The SMILES string of the molecule is Cc1ccc(-c2nc(CSCCC(=O)O)co2)cc1. The molecule has 0 fully saturated rings. The molecule has 2 aromatic rings. The van der Waals surface area contributed by atoms with Crippen LogP contribution >= 0.6 is 11.8 Å². The van der Waals surface area contributed by atoms with Crippen LogP contribution in [0.1, 0.15) is 17.7 Å². The first-order chi connectivity index (χ1) is 9.15. The fourth-order valence-corrected chi connectivity index (χ4v) is 2.34. The number of rotatable bonds is 6. The predicted octanol–water partition coefficient (Wildman–Crippen LogP) is 3.36. The van der Waals surface area contributed by atoms with Gasteiger partial charge in [0.1, 0.15) is 6.26 Å². The topological polar surface area (TPSA) is 63.3 Å². The third-order valence-electron chi connectivity index (χ3n) is 2.56. The molecule has 1 N–H and O–H groups in total. The van der Waals surface area contributed by atoms with Gasteiger partial charge < -0.3 is 9.52 Å². The van der Waals surface area contributed by atoms with Crippen LogP contribution in [-0.2, 0) is 10.5 Å². The second-order valence-electron chi connectivity index (χ2n) is 4.21. The Morgan fingerprint density at radius 1 is 1.37 bits per heavy atom. The lowest BCUT2D eigenvalue weighted by Gasteiger charge is -1.96. The summed E-state index contributed by atoms with van der Waals surface area (Å²) in [5.41, 5.74) is 2.98. The van der Waals surface area contributed by atoms with Gasteiger partial charge in [0.05, 0.1) is 12.1 Å². The van der Waals surface area contributed by atoms with Crippen LogP contribution in [0.5, 0.6) is 0 Å². The van der Waals surface area contributed by atoms with Crippen molar-refractivity contribution in [2.24, 2.45) is 0 Å². The van der Waals surface area contributed by atoms with E-state index < -0.39 is 5.97 Å². The molecule has 100 valence electrons. The average molecular weight is 277 g/mol. The molecule has 0 aliphatic rings. The van der Waals surface area contributed by atoms with Crippen molar-refractivity contribution in [3.63, 3.8) is 0 Å². The number of carboxylic acids is 1. The normalized spacial score (nSPS) is 10.6. The molecule has 0 radical (unpaired) electrons. The largest absolute Gasteiger partial charge is 0.481 e. The van der Waals surface area contributed by atoms with Gasteiger partial charge in [-0.2, -0.15) is 11.8 Å². The van der Waals surface area contributed by atoms with Gasteiger partial charge >= 0.3 is 5.97 Å². The van der Waals surface area contributed by atoms with Gasteiger partial charge in [0.15, 0.2) is 0 Å². The van der Waals surface area contributed by atoms with Gasteiger partial charge in [0, 0.05) is 17.1 Å². The lowest BCUT2D eigenvalue weighted by Crippen LogP contribution is -1.96. The van der Waals surface area contributed by atoms with Gasteiger partial charge in [-0.25, -0.2) is 4.98 Å². The quantitative estimate of drug-likeness (QED) is 0.820. The van der Waals surface area contributed by atoms with Crippen molar-refractivity contribution < 1.29 is 14.3 Å². The number of oxazole rings is 1. The minimum absolute atomic E-state index is 0.174. The summed E-state index contributed by atoms with van der Waals surface area (Å²) in [5, 5.41) is 8.54. The minimum Gasteiger partial charge on any atom is -0.481 e. The number of aromatic nitrogens is 1. The second kappa shape index (κ2) is 6.43. The van der Waals surface area contributed by atoms with Crippen molar-refractivity contribution in [2.75, 3.05) is 5.75 Å². The van der Waals surface area contributed by atoms with E-state index in [4.69, 9.17) is 9.52 Å². The number of thioether (sulfide) groups is 1. The van der Waals surface area contributed by atoms with Gasteiger partial charge in [-0.1, -0.05) is 17.7 Å². The third-order valence-corrected chi connectivity index (χ3v) is 3.55. The Labute approximate surface area is 115 Å². The molecular formula is C14H15NO3S. The van der Waals surface area contributed by atoms with Crippen LogP contribution in [0.3, 0.4) is 0 Å². The first-order valence-corrected chi connectivity index (χ1v) is 7.11. The molecule has 0 bridgehead atoms. The van der Waals surface area contributed by atoms with Crippen molar-refractivity contribution >= 4 is 17.7 Å². The summed E-state index contributed by atoms with van der Waals surface area (Å²) in [5.74, 6) is 1.09. The van der Waals surface area contributed by atoms with Crippen LogP contribution in [0.15, 0.2) is 34.9 Å². The highest BCUT2D eigenvalue weighted by Gasteiger charge is 2.06. The smallest absolute Gasteiger partial charge is 0.304 e. The van der Waals surface area contributed by atoms with Crippen molar-refractivity contribution in [3.8, 4) is 11.5 Å². The molecule has 0 atom stereocenters. The maximum Gasteiger partial charge on any atom is 0.304 e. The Morgan fingerprint density at radius 3 is 2.79 bits per heavy atom. The monoisotopic (exact) mass is 277 g/mol. The molecule has 5 heteroatoms. The molecule has 0 spiro atoms. The summed E-state index contributed by atoms with van der Waals surface area (Å²) in [6.07, 6.45) is 1.80. The number of aryl methyl sites for hydroxylation is 1. The first kappa shape index (κ1) is 13.7. The summed E-state index contributed by atoms with van der Waals surface area (Å²) in [7, 11) is 0. The van der Waals surface area contributed by atoms with Gasteiger partial charge in [0.25, 0.3) is 0 Å². The Hall–Kier alpha value is -1.75. The highest BCUT2D eigenvalue weighted by Crippen LogP contribution is 2.21. The zero-order chi connectivity index (χ0) is 13.7. The average Bonchev–Trinajstić information content (AvgIpc) is 2.84. The number of hydrogen-bond donors (Lipinski definition) is 1. The summed E-state index contributed by atoms with van der Waals surface area (Å²) >= 11 is 1.54. The molecular weight excluding hydrogens is 262 g/mol. The van der Waals surface area contributed by atoms with Crippen LogP contribution < -0.4 is 0 Å². The summed E-state index contributed by atoms with van der Waals surface area (Å²) in [4.78, 5) is 14.8. The fraction of sp³-hybridized carbons (Fsp3) is 0.286. The number of nitrogens with zero attached hydrogens (tertiary/aromatic N) is 1. The fourth-order valence-electron chi connectivity index (χ4n) is 1.54. The van der Waals surface area contributed by atoms with Crippen LogP contribution in [0, 0.1) is 6.92 Å². The molecule has 0 aliphatic carbocycles. The van der Waals surface area contributed by atoms with E-state index in [1.54, 1.807) is 18.0 Å². The number of carbonyl (C=O) groups is 1. The molecule has 0 amide bonds. The van der Waals surface area contributed by atoms with E-state index in [1.165, 1.54) is 5.56 Å². The molecule has 0 aliphatic heterocycles. The van der Waals surface area contributed by atoms with E-state index in [0.29, 0.717) is 17.4 Å². The molecule has 4 nitrogen and oxygen atoms in total. The van der Waals surface area contributed by atoms with E-state index in [1.807, 2.05) is 31.2 Å². The lowest BCUT2D eigenvalue weighted by molar-refractivity contribution is -0.136. The van der Waals surface area contributed by atoms with Gasteiger partial charge in [0.2, 0.25) is 5.89 Å². The maximum atomic E-state index is 10.4. The van der Waals surface area contributed by atoms with E-state index in [0.717, 1.165) is 11.3 Å². The van der Waals surface area contributed by atoms with Crippen molar-refractivity contribution in [2.45, 2.75) is 19.1 Å². The summed E-state index contributed by atoms with van der Waals surface area (Å²) in [6, 6.07) is 7.98. The molecule has 19 heavy (non-hydrogen) atoms. The van der Waals surface area contributed by atoms with Gasteiger partial charge in [-0.15, -0.1) is 0 Å². The Kier molecular flexibility index (Phi) is 4.63. The van der Waals surface area contributed by atoms with Crippen molar-refractivity contribution in [3.05, 3.63) is 41.8 Å². The van der Waals surface area contributed by atoms with Crippen LogP contribution in [0.25, 0.3) is 11.5 Å². The molecule has 1 heterocycles. The molecule has 2 rings (SSSR count). The summed E-state index contributed by atoms with van der Waals surface area (Å²) in [6.45, 7) is 2.03. The Morgan fingerprint density at radius 2 is 2.11 bits per heavy atom. The maximum absolute atomic E-state index is 10.4. The highest BCUT2D eigenvalue weighted by molar-refractivity contribution is 7.98. The van der Waals surface area contributed by atoms with Crippen molar-refractivity contribution in [1.82, 2.24) is 4.98 Å². The van der Waals surface area contributed by atoms with Crippen molar-refractivity contribution in [1.29, 1.82) is 0 Å². The van der Waals surface area contributed by atoms with E-state index in [2.05, 4.69) is 4.98 Å². The van der Waals surface area contributed by atoms with E-state index in [9.17, 15) is 4.79 Å².